The minimum Gasteiger partial charge on any atom is -0.336 e. The summed E-state index contributed by atoms with van der Waals surface area (Å²) >= 11 is 0. The Bertz CT molecular complexity index is 447. The maximum atomic E-state index is 13.6. The van der Waals surface area contributed by atoms with E-state index in [0.29, 0.717) is 19.5 Å². The van der Waals surface area contributed by atoms with Gasteiger partial charge in [-0.25, -0.2) is 8.78 Å². The van der Waals surface area contributed by atoms with Gasteiger partial charge in [-0.1, -0.05) is 0 Å². The molecule has 0 bridgehead atoms. The van der Waals surface area contributed by atoms with Crippen LogP contribution in [0.25, 0.3) is 0 Å². The molecule has 1 saturated carbocycles. The minimum atomic E-state index is -0.807. The molecule has 2 rings (SSSR count). The average molecular weight is 254 g/mol. The second-order valence-corrected chi connectivity index (χ2v) is 4.50. The highest BCUT2D eigenvalue weighted by Gasteiger charge is 2.33. The zero-order chi connectivity index (χ0) is 13.1. The molecule has 0 heterocycles. The van der Waals surface area contributed by atoms with Crippen molar-refractivity contribution in [2.24, 2.45) is 5.73 Å². The lowest BCUT2D eigenvalue weighted by Gasteiger charge is -2.22. The van der Waals surface area contributed by atoms with E-state index in [9.17, 15) is 13.6 Å². The standard InChI is InChI=1S/C13H16F2N2O/c14-9-2-5-11(12(15)8-9)13(18)17(7-1-6-16)10-3-4-10/h2,5,8,10H,1,3-4,6-7,16H2. The molecule has 0 aliphatic heterocycles. The van der Waals surface area contributed by atoms with E-state index >= 15 is 0 Å². The van der Waals surface area contributed by atoms with Crippen molar-refractivity contribution >= 4 is 5.91 Å². The predicted octanol–water partition coefficient (Wildman–Crippen LogP) is 1.92. The maximum Gasteiger partial charge on any atom is 0.257 e. The molecule has 1 aromatic rings. The number of hydrogen-bond acceptors (Lipinski definition) is 2. The monoisotopic (exact) mass is 254 g/mol. The molecule has 0 spiro atoms. The van der Waals surface area contributed by atoms with Gasteiger partial charge in [-0.15, -0.1) is 0 Å². The van der Waals surface area contributed by atoms with Crippen molar-refractivity contribution in [3.8, 4) is 0 Å². The largest absolute Gasteiger partial charge is 0.336 e. The maximum absolute atomic E-state index is 13.6. The van der Waals surface area contributed by atoms with Gasteiger partial charge in [0.15, 0.2) is 0 Å². The summed E-state index contributed by atoms with van der Waals surface area (Å²) in [5, 5.41) is 0. The van der Waals surface area contributed by atoms with E-state index in [1.807, 2.05) is 0 Å². The summed E-state index contributed by atoms with van der Waals surface area (Å²) in [5.41, 5.74) is 5.36. The van der Waals surface area contributed by atoms with Crippen LogP contribution in [0.1, 0.15) is 29.6 Å². The highest BCUT2D eigenvalue weighted by atomic mass is 19.1. The summed E-state index contributed by atoms with van der Waals surface area (Å²) in [6.07, 6.45) is 2.57. The van der Waals surface area contributed by atoms with Crippen LogP contribution in [-0.2, 0) is 0 Å². The summed E-state index contributed by atoms with van der Waals surface area (Å²) < 4.78 is 26.4. The average Bonchev–Trinajstić information content (AvgIpc) is 3.13. The first-order valence-electron chi connectivity index (χ1n) is 6.09. The molecule has 0 unspecified atom stereocenters. The van der Waals surface area contributed by atoms with Crippen molar-refractivity contribution in [1.29, 1.82) is 0 Å². The Morgan fingerprint density at radius 2 is 2.11 bits per heavy atom. The molecule has 1 aliphatic rings. The van der Waals surface area contributed by atoms with Gasteiger partial charge in [-0.05, 0) is 37.9 Å². The fourth-order valence-electron chi connectivity index (χ4n) is 1.92. The first kappa shape index (κ1) is 13.0. The fourth-order valence-corrected chi connectivity index (χ4v) is 1.92. The van der Waals surface area contributed by atoms with Gasteiger partial charge in [-0.3, -0.25) is 4.79 Å². The first-order chi connectivity index (χ1) is 8.63. The molecule has 98 valence electrons. The minimum absolute atomic E-state index is 0.0691. The van der Waals surface area contributed by atoms with E-state index in [4.69, 9.17) is 5.73 Å². The molecule has 1 fully saturated rings. The van der Waals surface area contributed by atoms with Gasteiger partial charge in [0.1, 0.15) is 11.6 Å². The van der Waals surface area contributed by atoms with E-state index in [2.05, 4.69) is 0 Å². The lowest BCUT2D eigenvalue weighted by molar-refractivity contribution is 0.0737. The topological polar surface area (TPSA) is 46.3 Å². The van der Waals surface area contributed by atoms with Crippen LogP contribution < -0.4 is 5.73 Å². The second-order valence-electron chi connectivity index (χ2n) is 4.50. The van der Waals surface area contributed by atoms with Crippen molar-refractivity contribution in [2.75, 3.05) is 13.1 Å². The van der Waals surface area contributed by atoms with Crippen molar-refractivity contribution < 1.29 is 13.6 Å². The van der Waals surface area contributed by atoms with Crippen molar-refractivity contribution in [2.45, 2.75) is 25.3 Å². The number of carbonyl (C=O) groups is 1. The molecule has 0 saturated heterocycles. The third-order valence-electron chi connectivity index (χ3n) is 3.01. The summed E-state index contributed by atoms with van der Waals surface area (Å²) in [7, 11) is 0. The van der Waals surface area contributed by atoms with E-state index in [0.717, 1.165) is 25.0 Å². The molecular weight excluding hydrogens is 238 g/mol. The van der Waals surface area contributed by atoms with Crippen LogP contribution in [0.15, 0.2) is 18.2 Å². The third kappa shape index (κ3) is 2.85. The van der Waals surface area contributed by atoms with Crippen LogP contribution in [-0.4, -0.2) is 29.9 Å². The lowest BCUT2D eigenvalue weighted by atomic mass is 10.1. The van der Waals surface area contributed by atoms with Gasteiger partial charge in [0.2, 0.25) is 0 Å². The van der Waals surface area contributed by atoms with Crippen LogP contribution in [0.5, 0.6) is 0 Å². The van der Waals surface area contributed by atoms with Gasteiger partial charge in [-0.2, -0.15) is 0 Å². The highest BCUT2D eigenvalue weighted by molar-refractivity contribution is 5.94. The van der Waals surface area contributed by atoms with Crippen molar-refractivity contribution in [3.63, 3.8) is 0 Å². The van der Waals surface area contributed by atoms with Crippen molar-refractivity contribution in [1.82, 2.24) is 4.90 Å². The summed E-state index contributed by atoms with van der Waals surface area (Å²) in [6.45, 7) is 1.01. The Balaban J connectivity index is 2.16. The van der Waals surface area contributed by atoms with E-state index < -0.39 is 11.6 Å². The Morgan fingerprint density at radius 1 is 1.39 bits per heavy atom. The van der Waals surface area contributed by atoms with Crippen molar-refractivity contribution in [3.05, 3.63) is 35.4 Å². The normalized spacial score (nSPS) is 14.6. The lowest BCUT2D eigenvalue weighted by Crippen LogP contribution is -2.35. The Labute approximate surface area is 105 Å². The van der Waals surface area contributed by atoms with E-state index in [1.54, 1.807) is 4.90 Å². The predicted molar refractivity (Wildman–Crippen MR) is 64.1 cm³/mol. The van der Waals surface area contributed by atoms with Crippen LogP contribution in [0.4, 0.5) is 8.78 Å². The summed E-state index contributed by atoms with van der Waals surface area (Å²) in [6, 6.07) is 3.23. The molecule has 0 atom stereocenters. The van der Waals surface area contributed by atoms with Gasteiger partial charge in [0.05, 0.1) is 5.56 Å². The number of halogens is 2. The third-order valence-corrected chi connectivity index (χ3v) is 3.01. The van der Waals surface area contributed by atoms with Crippen LogP contribution in [0.2, 0.25) is 0 Å². The molecule has 1 aliphatic carbocycles. The molecule has 0 aromatic heterocycles. The summed E-state index contributed by atoms with van der Waals surface area (Å²) in [5.74, 6) is -1.86. The number of benzene rings is 1. The Hall–Kier alpha value is -1.49. The highest BCUT2D eigenvalue weighted by Crippen LogP contribution is 2.28. The molecule has 5 heteroatoms. The molecule has 2 N–H and O–H groups in total. The second kappa shape index (κ2) is 5.44. The summed E-state index contributed by atoms with van der Waals surface area (Å²) in [4.78, 5) is 13.8. The Kier molecular flexibility index (Phi) is 3.91. The molecule has 3 nitrogen and oxygen atoms in total. The smallest absolute Gasteiger partial charge is 0.257 e. The van der Waals surface area contributed by atoms with E-state index in [-0.39, 0.29) is 17.5 Å². The molecular formula is C13H16F2N2O. The zero-order valence-corrected chi connectivity index (χ0v) is 10.0. The number of nitrogens with two attached hydrogens (primary N) is 1. The van der Waals surface area contributed by atoms with Crippen LogP contribution in [0.3, 0.4) is 0 Å². The molecule has 1 amide bonds. The SMILES string of the molecule is NCCCN(C(=O)c1ccc(F)cc1F)C1CC1. The first-order valence-corrected chi connectivity index (χ1v) is 6.09. The number of nitrogens with zero attached hydrogens (tertiary/aromatic N) is 1. The van der Waals surface area contributed by atoms with Gasteiger partial charge >= 0.3 is 0 Å². The van der Waals surface area contributed by atoms with Gasteiger partial charge in [0, 0.05) is 18.7 Å². The number of hydrogen-bond donors (Lipinski definition) is 1. The van der Waals surface area contributed by atoms with E-state index in [1.165, 1.54) is 6.07 Å². The molecule has 0 radical (unpaired) electrons. The fraction of sp³-hybridized carbons (Fsp3) is 0.462. The number of amides is 1. The quantitative estimate of drug-likeness (QED) is 0.872. The zero-order valence-electron chi connectivity index (χ0n) is 10.0. The van der Waals surface area contributed by atoms with Gasteiger partial charge in [0.25, 0.3) is 5.91 Å². The van der Waals surface area contributed by atoms with Crippen LogP contribution >= 0.6 is 0 Å². The number of carbonyl (C=O) groups excluding carboxylic acids is 1. The Morgan fingerprint density at radius 3 is 2.67 bits per heavy atom. The molecule has 1 aromatic carbocycles. The molecule has 18 heavy (non-hydrogen) atoms. The van der Waals surface area contributed by atoms with Crippen LogP contribution in [0, 0.1) is 11.6 Å². The number of rotatable bonds is 5. The van der Waals surface area contributed by atoms with Gasteiger partial charge < -0.3 is 10.6 Å².